The second-order valence-corrected chi connectivity index (χ2v) is 12.2. The van der Waals surface area contributed by atoms with Crippen LogP contribution in [-0.2, 0) is 4.79 Å². The summed E-state index contributed by atoms with van der Waals surface area (Å²) in [5.74, 6) is 1.89. The van der Waals surface area contributed by atoms with E-state index < -0.39 is 25.8 Å². The molecule has 3 N–H and O–H groups in total. The van der Waals surface area contributed by atoms with Crippen LogP contribution < -0.4 is 11.1 Å². The first-order chi connectivity index (χ1) is 12.2. The van der Waals surface area contributed by atoms with Gasteiger partial charge in [0, 0.05) is 11.5 Å². The van der Waals surface area contributed by atoms with Crippen LogP contribution in [0.3, 0.4) is 0 Å². The largest absolute Gasteiger partial charge is 0.322 e. The van der Waals surface area contributed by atoms with Gasteiger partial charge in [0.25, 0.3) is 0 Å². The monoisotopic (exact) mass is 368 g/mol. The minimum Gasteiger partial charge on any atom is -0.322 e. The molecule has 0 aliphatic rings. The zero-order valence-electron chi connectivity index (χ0n) is 15.6. The molecule has 0 saturated carbocycles. The fraction of sp³-hybridized carbons (Fsp3) is 0.286. The van der Waals surface area contributed by atoms with Gasteiger partial charge < -0.3 is 11.1 Å². The quantitative estimate of drug-likeness (QED) is 0.630. The predicted molar refractivity (Wildman–Crippen MR) is 108 cm³/mol. The molecule has 1 amide bonds. The maximum atomic E-state index is 14.3. The second kappa shape index (κ2) is 8.30. The Morgan fingerprint density at radius 3 is 2.38 bits per heavy atom. The van der Waals surface area contributed by atoms with Gasteiger partial charge in [-0.05, 0) is 23.8 Å². The number of halogens is 1. The molecule has 136 valence electrons. The number of rotatable bonds is 4. The van der Waals surface area contributed by atoms with Crippen molar-refractivity contribution in [3.05, 3.63) is 65.5 Å². The molecule has 0 bridgehead atoms. The van der Waals surface area contributed by atoms with Gasteiger partial charge in [-0.3, -0.25) is 4.79 Å². The standard InChI is InChI=1S/C21H25FN2OSi/c1-15(17-8-6-5-7-9-17)20(23)21(25)24-19-11-10-16(14-18(19)22)12-13-26(2,3)4/h5-11,14-15,20H,23H2,1-4H3,(H,24,25)/t15-,20-/m0/s1. The van der Waals surface area contributed by atoms with Gasteiger partial charge in [-0.15, -0.1) is 5.54 Å². The van der Waals surface area contributed by atoms with Crippen LogP contribution >= 0.6 is 0 Å². The number of nitrogens with two attached hydrogens (primary N) is 1. The molecule has 0 aromatic heterocycles. The zero-order chi connectivity index (χ0) is 19.3. The molecule has 2 aromatic carbocycles. The van der Waals surface area contributed by atoms with E-state index >= 15 is 0 Å². The molecule has 0 aliphatic carbocycles. The average Bonchev–Trinajstić information content (AvgIpc) is 2.60. The lowest BCUT2D eigenvalue weighted by atomic mass is 9.93. The third kappa shape index (κ3) is 5.55. The van der Waals surface area contributed by atoms with Crippen molar-refractivity contribution in [3.63, 3.8) is 0 Å². The molecule has 0 saturated heterocycles. The Morgan fingerprint density at radius 1 is 1.15 bits per heavy atom. The lowest BCUT2D eigenvalue weighted by Gasteiger charge is -2.20. The molecule has 3 nitrogen and oxygen atoms in total. The van der Waals surface area contributed by atoms with E-state index in [0.717, 1.165) is 5.56 Å². The van der Waals surface area contributed by atoms with Crippen molar-refractivity contribution in [2.75, 3.05) is 5.32 Å². The highest BCUT2D eigenvalue weighted by molar-refractivity contribution is 6.83. The van der Waals surface area contributed by atoms with Gasteiger partial charge in [-0.25, -0.2) is 4.39 Å². The van der Waals surface area contributed by atoms with E-state index in [2.05, 4.69) is 36.4 Å². The third-order valence-corrected chi connectivity index (χ3v) is 4.85. The van der Waals surface area contributed by atoms with Crippen molar-refractivity contribution >= 4 is 19.7 Å². The summed E-state index contributed by atoms with van der Waals surface area (Å²) in [4.78, 5) is 12.4. The highest BCUT2D eigenvalue weighted by Gasteiger charge is 2.23. The van der Waals surface area contributed by atoms with Crippen LogP contribution in [0.25, 0.3) is 0 Å². The number of benzene rings is 2. The van der Waals surface area contributed by atoms with Gasteiger partial charge in [0.1, 0.15) is 13.9 Å². The first-order valence-corrected chi connectivity index (χ1v) is 12.1. The van der Waals surface area contributed by atoms with Crippen molar-refractivity contribution in [3.8, 4) is 11.5 Å². The van der Waals surface area contributed by atoms with Crippen molar-refractivity contribution in [2.45, 2.75) is 38.5 Å². The Hall–Kier alpha value is -2.42. The smallest absolute Gasteiger partial charge is 0.241 e. The molecule has 0 aliphatic heterocycles. The second-order valence-electron chi connectivity index (χ2n) is 7.41. The van der Waals surface area contributed by atoms with Crippen LogP contribution in [0, 0.1) is 17.3 Å². The molecule has 2 atom stereocenters. The number of carbonyl (C=O) groups excluding carboxylic acids is 1. The Balaban J connectivity index is 2.10. The van der Waals surface area contributed by atoms with Crippen molar-refractivity contribution in [1.82, 2.24) is 0 Å². The number of carbonyl (C=O) groups is 1. The Morgan fingerprint density at radius 2 is 1.81 bits per heavy atom. The minimum atomic E-state index is -1.53. The number of amides is 1. The molecule has 5 heteroatoms. The highest BCUT2D eigenvalue weighted by atomic mass is 28.3. The summed E-state index contributed by atoms with van der Waals surface area (Å²) in [6.07, 6.45) is 0. The Bertz CT molecular complexity index is 835. The first kappa shape index (κ1) is 19.9. The van der Waals surface area contributed by atoms with Crippen LogP contribution in [-0.4, -0.2) is 20.0 Å². The van der Waals surface area contributed by atoms with Gasteiger partial charge in [0.05, 0.1) is 11.7 Å². The minimum absolute atomic E-state index is 0.115. The van der Waals surface area contributed by atoms with Crippen molar-refractivity contribution in [1.29, 1.82) is 0 Å². The molecule has 0 fully saturated rings. The van der Waals surface area contributed by atoms with Crippen LogP contribution in [0.15, 0.2) is 48.5 Å². The number of anilines is 1. The molecule has 0 heterocycles. The Labute approximate surface area is 155 Å². The van der Waals surface area contributed by atoms with Crippen LogP contribution in [0.5, 0.6) is 0 Å². The predicted octanol–water partition coefficient (Wildman–Crippen LogP) is 4.12. The van der Waals surface area contributed by atoms with Gasteiger partial charge in [-0.1, -0.05) is 62.8 Å². The third-order valence-electron chi connectivity index (χ3n) is 3.98. The summed E-state index contributed by atoms with van der Waals surface area (Å²) in [6, 6.07) is 13.3. The van der Waals surface area contributed by atoms with Crippen molar-refractivity contribution < 1.29 is 9.18 Å². The molecule has 2 rings (SSSR count). The van der Waals surface area contributed by atoms with Crippen LogP contribution in [0.2, 0.25) is 19.6 Å². The van der Waals surface area contributed by atoms with E-state index in [1.807, 2.05) is 37.3 Å². The maximum absolute atomic E-state index is 14.3. The van der Waals surface area contributed by atoms with E-state index in [0.29, 0.717) is 5.56 Å². The zero-order valence-corrected chi connectivity index (χ0v) is 16.6. The maximum Gasteiger partial charge on any atom is 0.241 e. The van der Waals surface area contributed by atoms with Gasteiger partial charge in [-0.2, -0.15) is 0 Å². The normalized spacial score (nSPS) is 13.3. The molecule has 0 unspecified atom stereocenters. The molecule has 0 spiro atoms. The number of nitrogens with one attached hydrogen (secondary N) is 1. The molecule has 26 heavy (non-hydrogen) atoms. The Kier molecular flexibility index (Phi) is 6.35. The molecule has 2 aromatic rings. The van der Waals surface area contributed by atoms with E-state index in [9.17, 15) is 9.18 Å². The fourth-order valence-corrected chi connectivity index (χ4v) is 2.88. The summed E-state index contributed by atoms with van der Waals surface area (Å²) >= 11 is 0. The summed E-state index contributed by atoms with van der Waals surface area (Å²) in [6.45, 7) is 8.26. The summed E-state index contributed by atoms with van der Waals surface area (Å²) in [5, 5.41) is 2.58. The van der Waals surface area contributed by atoms with Gasteiger partial charge in [0.15, 0.2) is 0 Å². The summed E-state index contributed by atoms with van der Waals surface area (Å²) in [5.41, 5.74) is 10.9. The summed E-state index contributed by atoms with van der Waals surface area (Å²) < 4.78 is 14.3. The van der Waals surface area contributed by atoms with E-state index in [4.69, 9.17) is 5.73 Å². The highest BCUT2D eigenvalue weighted by Crippen LogP contribution is 2.20. The lowest BCUT2D eigenvalue weighted by Crippen LogP contribution is -2.39. The van der Waals surface area contributed by atoms with Crippen molar-refractivity contribution in [2.24, 2.45) is 5.73 Å². The SMILES string of the molecule is C[C@@H](c1ccccc1)[C@H](N)C(=O)Nc1ccc(C#C[Si](C)(C)C)cc1F. The van der Waals surface area contributed by atoms with Gasteiger partial charge in [0.2, 0.25) is 5.91 Å². The summed E-state index contributed by atoms with van der Waals surface area (Å²) in [7, 11) is -1.53. The average molecular weight is 369 g/mol. The topological polar surface area (TPSA) is 55.1 Å². The van der Waals surface area contributed by atoms with E-state index in [-0.39, 0.29) is 11.6 Å². The van der Waals surface area contributed by atoms with E-state index in [1.54, 1.807) is 6.07 Å². The number of hydrogen-bond donors (Lipinski definition) is 2. The van der Waals surface area contributed by atoms with Crippen LogP contribution in [0.1, 0.15) is 24.0 Å². The molecule has 0 radical (unpaired) electrons. The van der Waals surface area contributed by atoms with Crippen LogP contribution in [0.4, 0.5) is 10.1 Å². The van der Waals surface area contributed by atoms with E-state index in [1.165, 1.54) is 12.1 Å². The first-order valence-electron chi connectivity index (χ1n) is 8.61. The molecular weight excluding hydrogens is 343 g/mol. The number of hydrogen-bond acceptors (Lipinski definition) is 2. The molecular formula is C21H25FN2OSi. The van der Waals surface area contributed by atoms with Gasteiger partial charge >= 0.3 is 0 Å². The lowest BCUT2D eigenvalue weighted by molar-refractivity contribution is -0.117. The fourth-order valence-electron chi connectivity index (χ4n) is 2.36.